The molecule has 1 amide bonds. The number of likely N-dealkylation sites (tertiary alicyclic amines) is 1. The van der Waals surface area contributed by atoms with Crippen molar-refractivity contribution in [3.63, 3.8) is 0 Å². The third-order valence-corrected chi connectivity index (χ3v) is 5.95. The molecule has 134 valence electrons. The molecule has 1 heterocycles. The molecular weight excluding hydrogens is 328 g/mol. The highest BCUT2D eigenvalue weighted by molar-refractivity contribution is 5.80. The van der Waals surface area contributed by atoms with Crippen molar-refractivity contribution in [1.29, 1.82) is 0 Å². The van der Waals surface area contributed by atoms with Crippen molar-refractivity contribution in [2.24, 2.45) is 5.18 Å². The Morgan fingerprint density at radius 3 is 2.23 bits per heavy atom. The van der Waals surface area contributed by atoms with Crippen molar-refractivity contribution in [1.82, 2.24) is 4.90 Å². The van der Waals surface area contributed by atoms with E-state index in [-0.39, 0.29) is 18.1 Å². The Balaban J connectivity index is 1.90. The van der Waals surface area contributed by atoms with Crippen LogP contribution >= 0.6 is 0 Å². The van der Waals surface area contributed by atoms with Gasteiger partial charge in [-0.2, -0.15) is 4.91 Å². The molecule has 4 rings (SSSR count). The molecule has 2 unspecified atom stereocenters. The Kier molecular flexibility index (Phi) is 4.02. The van der Waals surface area contributed by atoms with Crippen LogP contribution in [-0.4, -0.2) is 36.2 Å². The second-order valence-corrected chi connectivity index (χ2v) is 7.34. The second kappa shape index (κ2) is 6.24. The van der Waals surface area contributed by atoms with Crippen molar-refractivity contribution in [3.8, 4) is 11.1 Å². The van der Waals surface area contributed by atoms with Crippen molar-refractivity contribution in [2.75, 3.05) is 13.7 Å². The Morgan fingerprint density at radius 2 is 1.69 bits per heavy atom. The number of methoxy groups -OCH3 is 1. The highest BCUT2D eigenvalue weighted by Gasteiger charge is 2.51. The van der Waals surface area contributed by atoms with Crippen molar-refractivity contribution in [2.45, 2.75) is 37.3 Å². The van der Waals surface area contributed by atoms with Gasteiger partial charge in [0.1, 0.15) is 0 Å². The Morgan fingerprint density at radius 1 is 1.12 bits per heavy atom. The third kappa shape index (κ3) is 2.34. The van der Waals surface area contributed by atoms with Crippen LogP contribution in [0.1, 0.15) is 36.8 Å². The molecule has 0 bridgehead atoms. The van der Waals surface area contributed by atoms with Crippen LogP contribution in [0.2, 0.25) is 0 Å². The molecule has 2 atom stereocenters. The molecule has 0 aromatic heterocycles. The van der Waals surface area contributed by atoms with Crippen LogP contribution in [0.25, 0.3) is 11.1 Å². The maximum absolute atomic E-state index is 12.6. The van der Waals surface area contributed by atoms with E-state index >= 15 is 0 Å². The molecule has 1 saturated heterocycles. The number of carbonyl (C=O) groups is 1. The molecular formula is C21H22N2O3. The maximum Gasteiger partial charge on any atom is 0.409 e. The SMILES string of the molecule is COC(=O)N1CCC(N=O)CC1(C)C1c2ccccc2-c2ccccc21. The molecule has 1 aliphatic carbocycles. The first-order valence-electron chi connectivity index (χ1n) is 8.96. The molecule has 26 heavy (non-hydrogen) atoms. The van der Waals surface area contributed by atoms with E-state index in [4.69, 9.17) is 4.74 Å². The van der Waals surface area contributed by atoms with Crippen LogP contribution in [0.15, 0.2) is 53.7 Å². The molecule has 0 N–H and O–H groups in total. The minimum absolute atomic E-state index is 0.0152. The molecule has 0 saturated carbocycles. The summed E-state index contributed by atoms with van der Waals surface area (Å²) in [5, 5.41) is 3.32. The lowest BCUT2D eigenvalue weighted by Crippen LogP contribution is -2.58. The van der Waals surface area contributed by atoms with Crippen LogP contribution in [0.4, 0.5) is 4.79 Å². The number of nitroso groups, excluding NO2 is 1. The lowest BCUT2D eigenvalue weighted by molar-refractivity contribution is 0.0322. The second-order valence-electron chi connectivity index (χ2n) is 7.34. The van der Waals surface area contributed by atoms with Crippen molar-refractivity contribution < 1.29 is 9.53 Å². The molecule has 1 fully saturated rings. The minimum Gasteiger partial charge on any atom is -0.453 e. The Labute approximate surface area is 152 Å². The van der Waals surface area contributed by atoms with Gasteiger partial charge in [0, 0.05) is 12.5 Å². The van der Waals surface area contributed by atoms with Gasteiger partial charge in [-0.3, -0.25) is 0 Å². The van der Waals surface area contributed by atoms with Crippen LogP contribution in [0.5, 0.6) is 0 Å². The van der Waals surface area contributed by atoms with Gasteiger partial charge in [0.2, 0.25) is 0 Å². The van der Waals surface area contributed by atoms with Crippen LogP contribution in [0.3, 0.4) is 0 Å². The summed E-state index contributed by atoms with van der Waals surface area (Å²) in [5.74, 6) is -0.0152. The van der Waals surface area contributed by atoms with Crippen LogP contribution < -0.4 is 0 Å². The monoisotopic (exact) mass is 350 g/mol. The molecule has 1 aliphatic heterocycles. The zero-order valence-corrected chi connectivity index (χ0v) is 15.0. The number of benzene rings is 2. The normalized spacial score (nSPS) is 24.7. The average molecular weight is 350 g/mol. The highest BCUT2D eigenvalue weighted by atomic mass is 16.5. The fraction of sp³-hybridized carbons (Fsp3) is 0.381. The summed E-state index contributed by atoms with van der Waals surface area (Å²) in [6.07, 6.45) is 0.752. The first-order valence-corrected chi connectivity index (χ1v) is 8.96. The van der Waals surface area contributed by atoms with Crippen molar-refractivity contribution in [3.05, 3.63) is 64.6 Å². The summed E-state index contributed by atoms with van der Waals surface area (Å²) in [4.78, 5) is 25.7. The van der Waals surface area contributed by atoms with E-state index in [9.17, 15) is 9.70 Å². The molecule has 5 heteroatoms. The predicted octanol–water partition coefficient (Wildman–Crippen LogP) is 4.55. The van der Waals surface area contributed by atoms with Gasteiger partial charge in [-0.1, -0.05) is 53.7 Å². The number of ether oxygens (including phenoxy) is 1. The average Bonchev–Trinajstić information content (AvgIpc) is 3.02. The number of hydrogen-bond acceptors (Lipinski definition) is 4. The van der Waals surface area contributed by atoms with Crippen LogP contribution in [-0.2, 0) is 4.74 Å². The lowest BCUT2D eigenvalue weighted by atomic mass is 9.71. The third-order valence-electron chi connectivity index (χ3n) is 5.95. The lowest BCUT2D eigenvalue weighted by Gasteiger charge is -2.49. The standard InChI is InChI=1S/C21H22N2O3/c1-21(13-14(22-25)11-12-23(21)20(24)26-2)19-17-9-5-3-7-15(17)16-8-4-6-10-18(16)19/h3-10,14,19H,11-13H2,1-2H3. The van der Waals surface area contributed by atoms with E-state index in [0.29, 0.717) is 19.4 Å². The molecule has 0 radical (unpaired) electrons. The summed E-state index contributed by atoms with van der Waals surface area (Å²) >= 11 is 0. The van der Waals surface area contributed by atoms with Crippen LogP contribution in [0, 0.1) is 4.91 Å². The summed E-state index contributed by atoms with van der Waals surface area (Å²) in [7, 11) is 1.41. The van der Waals surface area contributed by atoms with Gasteiger partial charge in [0.15, 0.2) is 0 Å². The first kappa shape index (κ1) is 16.8. The maximum atomic E-state index is 12.6. The fourth-order valence-corrected chi connectivity index (χ4v) is 4.82. The topological polar surface area (TPSA) is 59.0 Å². The largest absolute Gasteiger partial charge is 0.453 e. The van der Waals surface area contributed by atoms with Gasteiger partial charge in [0.05, 0.1) is 18.7 Å². The van der Waals surface area contributed by atoms with E-state index in [0.717, 1.165) is 0 Å². The van der Waals surface area contributed by atoms with E-state index in [1.807, 2.05) is 24.3 Å². The molecule has 5 nitrogen and oxygen atoms in total. The Hall–Kier alpha value is -2.69. The van der Waals surface area contributed by atoms with Gasteiger partial charge in [-0.15, -0.1) is 0 Å². The van der Waals surface area contributed by atoms with E-state index < -0.39 is 5.54 Å². The molecule has 2 aromatic carbocycles. The van der Waals surface area contributed by atoms with Gasteiger partial charge >= 0.3 is 6.09 Å². The summed E-state index contributed by atoms with van der Waals surface area (Å²) in [5.41, 5.74) is 4.20. The van der Waals surface area contributed by atoms with Gasteiger partial charge < -0.3 is 9.64 Å². The van der Waals surface area contributed by atoms with E-state index in [1.54, 1.807) is 4.90 Å². The van der Waals surface area contributed by atoms with E-state index in [2.05, 4.69) is 36.4 Å². The van der Waals surface area contributed by atoms with Gasteiger partial charge in [-0.05, 0) is 42.0 Å². The Bertz CT molecular complexity index is 820. The van der Waals surface area contributed by atoms with Crippen molar-refractivity contribution >= 4 is 6.09 Å². The molecule has 0 spiro atoms. The minimum atomic E-state index is -0.577. The first-order chi connectivity index (χ1) is 12.6. The molecule has 2 aromatic rings. The highest BCUT2D eigenvalue weighted by Crippen LogP contribution is 2.53. The summed E-state index contributed by atoms with van der Waals surface area (Å²) in [6, 6.07) is 16.3. The molecule has 2 aliphatic rings. The number of piperidine rings is 1. The number of amides is 1. The van der Waals surface area contributed by atoms with E-state index in [1.165, 1.54) is 29.4 Å². The summed E-state index contributed by atoms with van der Waals surface area (Å²) < 4.78 is 5.07. The fourth-order valence-electron chi connectivity index (χ4n) is 4.82. The number of fused-ring (bicyclic) bond motifs is 3. The van der Waals surface area contributed by atoms with Gasteiger partial charge in [0.25, 0.3) is 0 Å². The number of hydrogen-bond donors (Lipinski definition) is 0. The predicted molar refractivity (Wildman–Crippen MR) is 100 cm³/mol. The van der Waals surface area contributed by atoms with Gasteiger partial charge in [-0.25, -0.2) is 4.79 Å². The number of carbonyl (C=O) groups excluding carboxylic acids is 1. The quantitative estimate of drug-likeness (QED) is 0.746. The zero-order valence-electron chi connectivity index (χ0n) is 15.0. The smallest absolute Gasteiger partial charge is 0.409 e. The summed E-state index contributed by atoms with van der Waals surface area (Å²) in [6.45, 7) is 2.53. The number of rotatable bonds is 2. The number of nitrogens with zero attached hydrogens (tertiary/aromatic N) is 2. The zero-order chi connectivity index (χ0) is 18.3.